The van der Waals surface area contributed by atoms with E-state index in [2.05, 4.69) is 22.0 Å². The van der Waals surface area contributed by atoms with Crippen LogP contribution in [0, 0.1) is 0 Å². The van der Waals surface area contributed by atoms with E-state index in [1.54, 1.807) is 6.07 Å². The summed E-state index contributed by atoms with van der Waals surface area (Å²) < 4.78 is 40.6. The third-order valence-electron chi connectivity index (χ3n) is 3.08. The van der Waals surface area contributed by atoms with Crippen molar-refractivity contribution in [2.45, 2.75) is 37.2 Å². The molecule has 1 N–H and O–H groups in total. The predicted molar refractivity (Wildman–Crippen MR) is 74.4 cm³/mol. The average Bonchev–Trinajstić information content (AvgIpc) is 2.40. The van der Waals surface area contributed by atoms with Gasteiger partial charge in [-0.1, -0.05) is 6.92 Å². The minimum Gasteiger partial charge on any atom is -0.468 e. The number of alkyl halides is 3. The van der Waals surface area contributed by atoms with Crippen LogP contribution in [-0.2, 0) is 0 Å². The van der Waals surface area contributed by atoms with Crippen LogP contribution in [0.3, 0.4) is 0 Å². The molecule has 112 valence electrons. The molecule has 1 aromatic rings. The molecule has 1 saturated heterocycles. The zero-order chi connectivity index (χ0) is 14.6. The van der Waals surface area contributed by atoms with Gasteiger partial charge in [-0.05, 0) is 24.7 Å². The summed E-state index contributed by atoms with van der Waals surface area (Å²) in [5.74, 6) is 1.17. The van der Waals surface area contributed by atoms with Crippen molar-refractivity contribution < 1.29 is 17.9 Å². The Balaban J connectivity index is 1.88. The first-order valence-corrected chi connectivity index (χ1v) is 7.53. The summed E-state index contributed by atoms with van der Waals surface area (Å²) in [4.78, 5) is 3.88. The fourth-order valence-electron chi connectivity index (χ4n) is 2.03. The standard InChI is InChI=1S/C13H17F3N2OS/c1-9-11(3-2-6-20-9)18-10-4-5-12(17-7-10)19-8-13(14,15)16/h4-5,7,9,11,18H,2-3,6,8H2,1H3. The van der Waals surface area contributed by atoms with Gasteiger partial charge in [0.05, 0.1) is 11.9 Å². The Hall–Kier alpha value is -1.11. The summed E-state index contributed by atoms with van der Waals surface area (Å²) in [6, 6.07) is 3.52. The highest BCUT2D eigenvalue weighted by atomic mass is 32.2. The van der Waals surface area contributed by atoms with Crippen molar-refractivity contribution in [2.75, 3.05) is 17.7 Å². The first kappa shape index (κ1) is 15.3. The van der Waals surface area contributed by atoms with E-state index >= 15 is 0 Å². The molecule has 0 radical (unpaired) electrons. The maximum atomic E-state index is 12.0. The van der Waals surface area contributed by atoms with Gasteiger partial charge in [0.1, 0.15) is 0 Å². The predicted octanol–water partition coefficient (Wildman–Crippen LogP) is 3.72. The molecule has 0 spiro atoms. The smallest absolute Gasteiger partial charge is 0.422 e. The average molecular weight is 306 g/mol. The minimum atomic E-state index is -4.34. The Morgan fingerprint density at radius 1 is 1.45 bits per heavy atom. The van der Waals surface area contributed by atoms with Crippen molar-refractivity contribution in [2.24, 2.45) is 0 Å². The van der Waals surface area contributed by atoms with E-state index in [9.17, 15) is 13.2 Å². The van der Waals surface area contributed by atoms with Crippen LogP contribution in [-0.4, -0.2) is 34.8 Å². The van der Waals surface area contributed by atoms with Gasteiger partial charge < -0.3 is 10.1 Å². The molecular weight excluding hydrogens is 289 g/mol. The van der Waals surface area contributed by atoms with Crippen molar-refractivity contribution >= 4 is 17.4 Å². The second-order valence-corrected chi connectivity index (χ2v) is 6.24. The molecule has 2 heterocycles. The van der Waals surface area contributed by atoms with Gasteiger partial charge in [0.25, 0.3) is 0 Å². The van der Waals surface area contributed by atoms with Crippen LogP contribution in [0.25, 0.3) is 0 Å². The van der Waals surface area contributed by atoms with Gasteiger partial charge >= 0.3 is 6.18 Å². The van der Waals surface area contributed by atoms with Crippen molar-refractivity contribution in [3.05, 3.63) is 18.3 Å². The van der Waals surface area contributed by atoms with Crippen LogP contribution in [0.15, 0.2) is 18.3 Å². The van der Waals surface area contributed by atoms with E-state index in [0.29, 0.717) is 11.3 Å². The summed E-state index contributed by atoms with van der Waals surface area (Å²) >= 11 is 1.93. The molecule has 2 unspecified atom stereocenters. The van der Waals surface area contributed by atoms with Gasteiger partial charge in [0.2, 0.25) is 5.88 Å². The van der Waals surface area contributed by atoms with Crippen molar-refractivity contribution in [1.82, 2.24) is 4.98 Å². The third-order valence-corrected chi connectivity index (χ3v) is 4.46. The summed E-state index contributed by atoms with van der Waals surface area (Å²) in [5, 5.41) is 3.89. The normalized spacial score (nSPS) is 23.4. The number of anilines is 1. The topological polar surface area (TPSA) is 34.1 Å². The van der Waals surface area contributed by atoms with Crippen molar-refractivity contribution in [3.63, 3.8) is 0 Å². The van der Waals surface area contributed by atoms with E-state index in [1.165, 1.54) is 24.4 Å². The van der Waals surface area contributed by atoms with Crippen molar-refractivity contribution in [3.8, 4) is 5.88 Å². The maximum absolute atomic E-state index is 12.0. The van der Waals surface area contributed by atoms with Gasteiger partial charge in [0.15, 0.2) is 6.61 Å². The number of halogens is 3. The van der Waals surface area contributed by atoms with E-state index < -0.39 is 12.8 Å². The molecule has 0 aromatic carbocycles. The third kappa shape index (κ3) is 4.77. The van der Waals surface area contributed by atoms with Gasteiger partial charge in [-0.15, -0.1) is 0 Å². The number of hydrogen-bond acceptors (Lipinski definition) is 4. The number of hydrogen-bond donors (Lipinski definition) is 1. The molecule has 20 heavy (non-hydrogen) atoms. The molecule has 0 aliphatic carbocycles. The number of nitrogens with zero attached hydrogens (tertiary/aromatic N) is 1. The molecule has 1 aliphatic heterocycles. The molecule has 0 amide bonds. The lowest BCUT2D eigenvalue weighted by Crippen LogP contribution is -2.32. The first-order valence-electron chi connectivity index (χ1n) is 6.48. The molecule has 2 rings (SSSR count). The summed E-state index contributed by atoms with van der Waals surface area (Å²) in [6.45, 7) is 0.860. The fourth-order valence-corrected chi connectivity index (χ4v) is 3.18. The molecular formula is C13H17F3N2OS. The van der Waals surface area contributed by atoms with Gasteiger partial charge in [-0.3, -0.25) is 0 Å². The number of thioether (sulfide) groups is 1. The second-order valence-electron chi connectivity index (χ2n) is 4.76. The molecule has 1 aliphatic rings. The summed E-state index contributed by atoms with van der Waals surface area (Å²) in [6.07, 6.45) is -0.557. The molecule has 1 aromatic heterocycles. The van der Waals surface area contributed by atoms with Gasteiger partial charge in [0, 0.05) is 17.4 Å². The van der Waals surface area contributed by atoms with Crippen molar-refractivity contribution in [1.29, 1.82) is 0 Å². The molecule has 0 bridgehead atoms. The van der Waals surface area contributed by atoms with Crippen LogP contribution in [0.4, 0.5) is 18.9 Å². The van der Waals surface area contributed by atoms with Gasteiger partial charge in [-0.2, -0.15) is 24.9 Å². The molecule has 1 fully saturated rings. The van der Waals surface area contributed by atoms with E-state index in [-0.39, 0.29) is 5.88 Å². The minimum absolute atomic E-state index is 0.0149. The largest absolute Gasteiger partial charge is 0.468 e. The van der Waals surface area contributed by atoms with Crippen LogP contribution >= 0.6 is 11.8 Å². The lowest BCUT2D eigenvalue weighted by atomic mass is 10.1. The van der Waals surface area contributed by atoms with Crippen LogP contribution in [0.5, 0.6) is 5.88 Å². The molecule has 7 heteroatoms. The number of aromatic nitrogens is 1. The Morgan fingerprint density at radius 3 is 2.85 bits per heavy atom. The fraction of sp³-hybridized carbons (Fsp3) is 0.615. The lowest BCUT2D eigenvalue weighted by Gasteiger charge is -2.29. The first-order chi connectivity index (χ1) is 9.44. The number of pyridine rings is 1. The highest BCUT2D eigenvalue weighted by molar-refractivity contribution is 8.00. The Bertz CT molecular complexity index is 425. The lowest BCUT2D eigenvalue weighted by molar-refractivity contribution is -0.154. The Morgan fingerprint density at radius 2 is 2.25 bits per heavy atom. The van der Waals surface area contributed by atoms with Crippen LogP contribution < -0.4 is 10.1 Å². The zero-order valence-electron chi connectivity index (χ0n) is 11.1. The zero-order valence-corrected chi connectivity index (χ0v) is 11.9. The maximum Gasteiger partial charge on any atom is 0.422 e. The van der Waals surface area contributed by atoms with E-state index in [0.717, 1.165) is 12.1 Å². The Labute approximate surface area is 120 Å². The summed E-state index contributed by atoms with van der Waals surface area (Å²) in [5.41, 5.74) is 0.809. The Kier molecular flexibility index (Phi) is 5.01. The molecule has 0 saturated carbocycles. The number of rotatable bonds is 4. The molecule has 3 nitrogen and oxygen atoms in total. The van der Waals surface area contributed by atoms with Crippen LogP contribution in [0.1, 0.15) is 19.8 Å². The summed E-state index contributed by atoms with van der Waals surface area (Å²) in [7, 11) is 0. The highest BCUT2D eigenvalue weighted by Gasteiger charge is 2.28. The molecule has 2 atom stereocenters. The van der Waals surface area contributed by atoms with E-state index in [1.807, 2.05) is 11.8 Å². The second kappa shape index (κ2) is 6.56. The quantitative estimate of drug-likeness (QED) is 0.919. The SMILES string of the molecule is CC1SCCCC1Nc1ccc(OCC(F)(F)F)nc1. The highest BCUT2D eigenvalue weighted by Crippen LogP contribution is 2.27. The van der Waals surface area contributed by atoms with E-state index in [4.69, 9.17) is 0 Å². The number of ether oxygens (including phenoxy) is 1. The van der Waals surface area contributed by atoms with Gasteiger partial charge in [-0.25, -0.2) is 4.98 Å². The number of nitrogens with one attached hydrogen (secondary N) is 1. The monoisotopic (exact) mass is 306 g/mol. The van der Waals surface area contributed by atoms with Crippen LogP contribution in [0.2, 0.25) is 0 Å².